The van der Waals surface area contributed by atoms with Gasteiger partial charge < -0.3 is 10.1 Å². The van der Waals surface area contributed by atoms with Crippen LogP contribution in [0.15, 0.2) is 16.8 Å². The van der Waals surface area contributed by atoms with Crippen LogP contribution in [0.3, 0.4) is 0 Å². The minimum atomic E-state index is 0.551. The second-order valence-corrected chi connectivity index (χ2v) is 4.15. The number of hydrogen-bond donors (Lipinski definition) is 1. The van der Waals surface area contributed by atoms with E-state index < -0.39 is 0 Å². The van der Waals surface area contributed by atoms with E-state index in [9.17, 15) is 0 Å². The smallest absolute Gasteiger partial charge is 0.0477 e. The first-order valence-electron chi connectivity index (χ1n) is 5.10. The van der Waals surface area contributed by atoms with Gasteiger partial charge in [-0.2, -0.15) is 11.3 Å². The summed E-state index contributed by atoms with van der Waals surface area (Å²) in [6.07, 6.45) is 2.20. The summed E-state index contributed by atoms with van der Waals surface area (Å²) < 4.78 is 5.10. The first-order valence-corrected chi connectivity index (χ1v) is 6.04. The summed E-state index contributed by atoms with van der Waals surface area (Å²) in [6, 6.07) is 2.75. The molecule has 0 aliphatic rings. The van der Waals surface area contributed by atoms with Crippen LogP contribution in [0, 0.1) is 0 Å². The van der Waals surface area contributed by atoms with Crippen LogP contribution in [0.5, 0.6) is 0 Å². The molecule has 1 heterocycles. The Hall–Kier alpha value is -0.380. The third-order valence-corrected chi connectivity index (χ3v) is 2.96. The highest BCUT2D eigenvalue weighted by Crippen LogP contribution is 2.10. The Balaban J connectivity index is 2.34. The molecule has 0 aliphatic carbocycles. The van der Waals surface area contributed by atoms with E-state index in [1.165, 1.54) is 5.56 Å². The molecule has 0 spiro atoms. The van der Waals surface area contributed by atoms with Gasteiger partial charge in [-0.3, -0.25) is 0 Å². The monoisotopic (exact) mass is 213 g/mol. The molecule has 14 heavy (non-hydrogen) atoms. The second-order valence-electron chi connectivity index (χ2n) is 3.37. The van der Waals surface area contributed by atoms with E-state index in [2.05, 4.69) is 29.1 Å². The molecule has 1 N–H and O–H groups in total. The minimum absolute atomic E-state index is 0.551. The summed E-state index contributed by atoms with van der Waals surface area (Å²) in [7, 11) is 1.76. The van der Waals surface area contributed by atoms with Crippen molar-refractivity contribution in [3.05, 3.63) is 22.4 Å². The number of thiophene rings is 1. The van der Waals surface area contributed by atoms with Crippen LogP contribution in [0.4, 0.5) is 0 Å². The minimum Gasteiger partial charge on any atom is -0.385 e. The zero-order chi connectivity index (χ0) is 10.2. The van der Waals surface area contributed by atoms with Crippen molar-refractivity contribution in [2.75, 3.05) is 20.3 Å². The molecular weight excluding hydrogens is 194 g/mol. The first-order chi connectivity index (χ1) is 6.86. The van der Waals surface area contributed by atoms with Gasteiger partial charge in [-0.1, -0.05) is 6.92 Å². The third kappa shape index (κ3) is 4.22. The Morgan fingerprint density at radius 3 is 3.00 bits per heavy atom. The highest BCUT2D eigenvalue weighted by molar-refractivity contribution is 7.07. The quantitative estimate of drug-likeness (QED) is 0.750. The summed E-state index contributed by atoms with van der Waals surface area (Å²) in [6.45, 7) is 4.01. The molecule has 0 amide bonds. The van der Waals surface area contributed by atoms with Crippen molar-refractivity contribution in [3.63, 3.8) is 0 Å². The molecule has 0 saturated heterocycles. The number of methoxy groups -OCH3 is 1. The van der Waals surface area contributed by atoms with Crippen molar-refractivity contribution in [2.45, 2.75) is 25.8 Å². The van der Waals surface area contributed by atoms with E-state index in [4.69, 9.17) is 4.74 Å². The molecule has 0 radical (unpaired) electrons. The van der Waals surface area contributed by atoms with Gasteiger partial charge in [-0.15, -0.1) is 0 Å². The Morgan fingerprint density at radius 1 is 1.57 bits per heavy atom. The molecule has 80 valence electrons. The SMILES string of the molecule is CCNC(CCOC)Cc1ccsc1. The van der Waals surface area contributed by atoms with Gasteiger partial charge >= 0.3 is 0 Å². The number of ether oxygens (including phenoxy) is 1. The topological polar surface area (TPSA) is 21.3 Å². The largest absolute Gasteiger partial charge is 0.385 e. The van der Waals surface area contributed by atoms with Gasteiger partial charge in [0.1, 0.15) is 0 Å². The van der Waals surface area contributed by atoms with Gasteiger partial charge in [0.15, 0.2) is 0 Å². The predicted octanol–water partition coefficient (Wildman–Crippen LogP) is 2.31. The van der Waals surface area contributed by atoms with Gasteiger partial charge in [0.2, 0.25) is 0 Å². The molecule has 0 fully saturated rings. The summed E-state index contributed by atoms with van der Waals surface area (Å²) in [4.78, 5) is 0. The maximum Gasteiger partial charge on any atom is 0.0477 e. The van der Waals surface area contributed by atoms with Gasteiger partial charge in [-0.25, -0.2) is 0 Å². The fourth-order valence-electron chi connectivity index (χ4n) is 1.52. The number of nitrogens with one attached hydrogen (secondary N) is 1. The maximum absolute atomic E-state index is 5.10. The van der Waals surface area contributed by atoms with Crippen molar-refractivity contribution < 1.29 is 4.74 Å². The van der Waals surface area contributed by atoms with Crippen LogP contribution in [0.1, 0.15) is 18.9 Å². The fourth-order valence-corrected chi connectivity index (χ4v) is 2.20. The zero-order valence-electron chi connectivity index (χ0n) is 8.95. The van der Waals surface area contributed by atoms with E-state index >= 15 is 0 Å². The number of rotatable bonds is 7. The molecule has 0 aromatic carbocycles. The Labute approximate surface area is 90.3 Å². The Kier molecular flexibility index (Phi) is 5.83. The van der Waals surface area contributed by atoms with E-state index in [1.807, 2.05) is 0 Å². The Morgan fingerprint density at radius 2 is 2.43 bits per heavy atom. The second kappa shape index (κ2) is 6.98. The zero-order valence-corrected chi connectivity index (χ0v) is 9.77. The van der Waals surface area contributed by atoms with Crippen molar-refractivity contribution in [3.8, 4) is 0 Å². The molecule has 1 atom stereocenters. The lowest BCUT2D eigenvalue weighted by molar-refractivity contribution is 0.183. The lowest BCUT2D eigenvalue weighted by Gasteiger charge is -2.16. The summed E-state index contributed by atoms with van der Waals surface area (Å²) in [5, 5.41) is 7.83. The molecule has 3 heteroatoms. The normalized spacial score (nSPS) is 13.0. The van der Waals surface area contributed by atoms with Crippen molar-refractivity contribution in [1.29, 1.82) is 0 Å². The van der Waals surface area contributed by atoms with E-state index in [0.717, 1.165) is 26.0 Å². The average molecular weight is 213 g/mol. The highest BCUT2D eigenvalue weighted by Gasteiger charge is 2.07. The van der Waals surface area contributed by atoms with E-state index in [0.29, 0.717) is 6.04 Å². The lowest BCUT2D eigenvalue weighted by atomic mass is 10.1. The van der Waals surface area contributed by atoms with Gasteiger partial charge in [-0.05, 0) is 41.8 Å². The molecule has 2 nitrogen and oxygen atoms in total. The van der Waals surface area contributed by atoms with Crippen LogP contribution in [0.2, 0.25) is 0 Å². The molecule has 1 unspecified atom stereocenters. The van der Waals surface area contributed by atoms with Crippen LogP contribution < -0.4 is 5.32 Å². The van der Waals surface area contributed by atoms with Crippen LogP contribution in [0.25, 0.3) is 0 Å². The molecule has 0 aliphatic heterocycles. The molecule has 0 bridgehead atoms. The van der Waals surface area contributed by atoms with Gasteiger partial charge in [0, 0.05) is 19.8 Å². The standard InChI is InChI=1S/C11H19NOS/c1-3-12-11(4-6-13-2)8-10-5-7-14-9-10/h5,7,9,11-12H,3-4,6,8H2,1-2H3. The van der Waals surface area contributed by atoms with Crippen molar-refractivity contribution in [2.24, 2.45) is 0 Å². The first kappa shape index (κ1) is 11.7. The van der Waals surface area contributed by atoms with Crippen LogP contribution in [-0.2, 0) is 11.2 Å². The van der Waals surface area contributed by atoms with E-state index in [1.54, 1.807) is 18.4 Å². The van der Waals surface area contributed by atoms with Gasteiger partial charge in [0.25, 0.3) is 0 Å². The molecule has 1 rings (SSSR count). The van der Waals surface area contributed by atoms with Gasteiger partial charge in [0.05, 0.1) is 0 Å². The summed E-state index contributed by atoms with van der Waals surface area (Å²) >= 11 is 1.76. The number of hydrogen-bond acceptors (Lipinski definition) is 3. The van der Waals surface area contributed by atoms with Crippen molar-refractivity contribution in [1.82, 2.24) is 5.32 Å². The molecule has 0 saturated carbocycles. The Bertz CT molecular complexity index is 223. The van der Waals surface area contributed by atoms with Crippen LogP contribution in [-0.4, -0.2) is 26.3 Å². The van der Waals surface area contributed by atoms with Crippen LogP contribution >= 0.6 is 11.3 Å². The lowest BCUT2D eigenvalue weighted by Crippen LogP contribution is -2.31. The number of likely N-dealkylation sites (N-methyl/N-ethyl adjacent to an activating group) is 1. The summed E-state index contributed by atoms with van der Waals surface area (Å²) in [5.74, 6) is 0. The summed E-state index contributed by atoms with van der Waals surface area (Å²) in [5.41, 5.74) is 1.43. The third-order valence-electron chi connectivity index (χ3n) is 2.23. The molecule has 1 aromatic heterocycles. The molecular formula is C11H19NOS. The highest BCUT2D eigenvalue weighted by atomic mass is 32.1. The molecule has 1 aromatic rings. The van der Waals surface area contributed by atoms with Crippen molar-refractivity contribution >= 4 is 11.3 Å². The predicted molar refractivity (Wildman–Crippen MR) is 62.0 cm³/mol. The maximum atomic E-state index is 5.10. The fraction of sp³-hybridized carbons (Fsp3) is 0.636. The average Bonchev–Trinajstić information content (AvgIpc) is 2.67. The van der Waals surface area contributed by atoms with E-state index in [-0.39, 0.29) is 0 Å².